The van der Waals surface area contributed by atoms with Crippen molar-refractivity contribution < 1.29 is 9.22 Å². The summed E-state index contributed by atoms with van der Waals surface area (Å²) in [5.74, 6) is 0. The first kappa shape index (κ1) is 19.4. The summed E-state index contributed by atoms with van der Waals surface area (Å²) in [6.45, 7) is 7.82. The fraction of sp³-hybridized carbons (Fsp3) is 0.632. The maximum Gasteiger partial charge on any atom is 0.357 e. The summed E-state index contributed by atoms with van der Waals surface area (Å²) >= 11 is 0. The number of rotatable bonds is 2. The van der Waals surface area contributed by atoms with Gasteiger partial charge in [0.1, 0.15) is 5.52 Å². The molecule has 0 spiro atoms. The average Bonchev–Trinajstić information content (AvgIpc) is 2.86. The molecule has 0 bridgehead atoms. The zero-order valence-corrected chi connectivity index (χ0v) is 16.2. The highest BCUT2D eigenvalue weighted by atomic mass is 35.5. The monoisotopic (exact) mass is 383 g/mol. The summed E-state index contributed by atoms with van der Waals surface area (Å²) in [5.41, 5.74) is 1.77. The van der Waals surface area contributed by atoms with Crippen LogP contribution in [0.3, 0.4) is 0 Å². The van der Waals surface area contributed by atoms with Crippen molar-refractivity contribution in [2.45, 2.75) is 51.1 Å². The zero-order valence-electron chi connectivity index (χ0n) is 15.4. The second kappa shape index (κ2) is 7.33. The van der Waals surface area contributed by atoms with Crippen molar-refractivity contribution >= 4 is 23.4 Å². The van der Waals surface area contributed by atoms with Gasteiger partial charge in [-0.15, -0.1) is 17.2 Å². The minimum absolute atomic E-state index is 0. The Morgan fingerprint density at radius 3 is 2.46 bits per heavy atom. The Kier molecular flexibility index (Phi) is 5.47. The molecule has 2 aliphatic heterocycles. The van der Waals surface area contributed by atoms with Gasteiger partial charge in [0.05, 0.1) is 5.52 Å². The zero-order chi connectivity index (χ0) is 17.6. The van der Waals surface area contributed by atoms with Crippen molar-refractivity contribution in [3.05, 3.63) is 34.2 Å². The van der Waals surface area contributed by atoms with E-state index in [2.05, 4.69) is 11.8 Å². The molecular formula is C19H27ClFN3O2. The number of hydrogen-bond donors (Lipinski definition) is 0. The van der Waals surface area contributed by atoms with E-state index in [0.29, 0.717) is 15.8 Å². The van der Waals surface area contributed by atoms with E-state index < -0.39 is 5.69 Å². The average molecular weight is 384 g/mol. The summed E-state index contributed by atoms with van der Waals surface area (Å²) in [6.07, 6.45) is 3.87. The third kappa shape index (κ3) is 3.19. The Hall–Kier alpha value is -1.37. The molecule has 1 aromatic heterocycles. The molecule has 0 aliphatic carbocycles. The van der Waals surface area contributed by atoms with Gasteiger partial charge in [0, 0.05) is 37.9 Å². The Labute approximate surface area is 159 Å². The number of aromatic nitrogens is 2. The maximum atomic E-state index is 14.3. The van der Waals surface area contributed by atoms with Crippen LogP contribution in [0.4, 0.5) is 4.48 Å². The number of halogens is 2. The lowest BCUT2D eigenvalue weighted by Crippen LogP contribution is -2.53. The van der Waals surface area contributed by atoms with Crippen LogP contribution >= 0.6 is 12.4 Å². The van der Waals surface area contributed by atoms with Crippen LogP contribution in [0.15, 0.2) is 23.0 Å². The van der Waals surface area contributed by atoms with Gasteiger partial charge in [-0.3, -0.25) is 9.47 Å². The van der Waals surface area contributed by atoms with Crippen molar-refractivity contribution in [1.82, 2.24) is 14.3 Å². The molecule has 0 saturated carbocycles. The first-order chi connectivity index (χ1) is 12.0. The second-order valence-corrected chi connectivity index (χ2v) is 7.75. The normalized spacial score (nSPS) is 21.7. The molecule has 4 rings (SSSR count). The van der Waals surface area contributed by atoms with Gasteiger partial charge in [-0.25, -0.2) is 4.79 Å². The molecule has 2 saturated heterocycles. The number of imidazole rings is 1. The highest BCUT2D eigenvalue weighted by Gasteiger charge is 2.36. The molecule has 0 atom stereocenters. The number of benzene rings is 1. The van der Waals surface area contributed by atoms with Gasteiger partial charge in [-0.1, -0.05) is 10.5 Å². The van der Waals surface area contributed by atoms with E-state index in [1.165, 1.54) is 0 Å². The van der Waals surface area contributed by atoms with Crippen LogP contribution in [0.2, 0.25) is 0 Å². The summed E-state index contributed by atoms with van der Waals surface area (Å²) in [5, 5.41) is 0. The van der Waals surface area contributed by atoms with E-state index in [9.17, 15) is 9.28 Å². The third-order valence-electron chi connectivity index (χ3n) is 6.14. The first-order valence-electron chi connectivity index (χ1n) is 9.22. The van der Waals surface area contributed by atoms with Crippen LogP contribution in [0.25, 0.3) is 11.0 Å². The van der Waals surface area contributed by atoms with Gasteiger partial charge in [0.25, 0.3) is 0 Å². The van der Waals surface area contributed by atoms with Crippen molar-refractivity contribution in [2.75, 3.05) is 26.3 Å². The molecule has 0 N–H and O–H groups in total. The van der Waals surface area contributed by atoms with E-state index in [1.807, 2.05) is 19.1 Å². The van der Waals surface area contributed by atoms with E-state index in [0.717, 1.165) is 57.6 Å². The van der Waals surface area contributed by atoms with Gasteiger partial charge in [0.2, 0.25) is 0 Å². The van der Waals surface area contributed by atoms with Crippen LogP contribution in [-0.2, 0) is 4.74 Å². The molecule has 0 radical (unpaired) electrons. The van der Waals surface area contributed by atoms with Crippen molar-refractivity contribution in [1.29, 1.82) is 0 Å². The van der Waals surface area contributed by atoms with Crippen molar-refractivity contribution in [2.24, 2.45) is 0 Å². The van der Waals surface area contributed by atoms with E-state index >= 15 is 0 Å². The minimum atomic E-state index is -0.545. The lowest BCUT2D eigenvalue weighted by molar-refractivity contribution is -0.0313. The van der Waals surface area contributed by atoms with E-state index in [-0.39, 0.29) is 24.0 Å². The number of fused-ring (bicyclic) bond motifs is 1. The van der Waals surface area contributed by atoms with Gasteiger partial charge in [-0.05, 0) is 57.2 Å². The maximum absolute atomic E-state index is 14.3. The SMILES string of the molecule is Cc1ccc2c(c1)n(C1CCN(C3(C)CCOCC3)CC1)c(=O)n2F.Cl. The highest BCUT2D eigenvalue weighted by molar-refractivity contribution is 5.85. The molecule has 2 aliphatic rings. The first-order valence-corrected chi connectivity index (χ1v) is 9.22. The lowest BCUT2D eigenvalue weighted by Gasteiger charge is -2.47. The van der Waals surface area contributed by atoms with Gasteiger partial charge < -0.3 is 4.74 Å². The van der Waals surface area contributed by atoms with Crippen LogP contribution in [-0.4, -0.2) is 46.1 Å². The fourth-order valence-electron chi connectivity index (χ4n) is 4.44. The van der Waals surface area contributed by atoms with Gasteiger partial charge in [-0.2, -0.15) is 0 Å². The van der Waals surface area contributed by atoms with Crippen LogP contribution in [0, 0.1) is 6.92 Å². The van der Waals surface area contributed by atoms with Crippen molar-refractivity contribution in [3.63, 3.8) is 0 Å². The molecule has 7 heteroatoms. The van der Waals surface area contributed by atoms with Crippen LogP contribution < -0.4 is 5.69 Å². The molecule has 5 nitrogen and oxygen atoms in total. The lowest BCUT2D eigenvalue weighted by atomic mass is 9.87. The topological polar surface area (TPSA) is 39.4 Å². The Morgan fingerprint density at radius 2 is 1.81 bits per heavy atom. The molecule has 2 aromatic rings. The molecule has 3 heterocycles. The van der Waals surface area contributed by atoms with Crippen LogP contribution in [0.5, 0.6) is 0 Å². The number of ether oxygens (including phenoxy) is 1. The van der Waals surface area contributed by atoms with Gasteiger partial charge >= 0.3 is 5.69 Å². The Balaban J connectivity index is 0.00000196. The fourth-order valence-corrected chi connectivity index (χ4v) is 4.44. The largest absolute Gasteiger partial charge is 0.381 e. The predicted molar refractivity (Wildman–Crippen MR) is 103 cm³/mol. The molecule has 2 fully saturated rings. The molecule has 144 valence electrons. The summed E-state index contributed by atoms with van der Waals surface area (Å²) in [6, 6.07) is 5.52. The number of likely N-dealkylation sites (tertiary alicyclic amines) is 1. The van der Waals surface area contributed by atoms with Gasteiger partial charge in [0.15, 0.2) is 0 Å². The molecule has 1 aromatic carbocycles. The summed E-state index contributed by atoms with van der Waals surface area (Å²) < 4.78 is 21.5. The molecular weight excluding hydrogens is 357 g/mol. The highest BCUT2D eigenvalue weighted by Crippen LogP contribution is 2.33. The number of piperidine rings is 1. The second-order valence-electron chi connectivity index (χ2n) is 7.75. The van der Waals surface area contributed by atoms with Crippen molar-refractivity contribution in [3.8, 4) is 0 Å². The Bertz CT molecular complexity index is 833. The number of nitrogens with zero attached hydrogens (tertiary/aromatic N) is 3. The number of hydrogen-bond acceptors (Lipinski definition) is 3. The van der Waals surface area contributed by atoms with E-state index in [1.54, 1.807) is 10.6 Å². The smallest absolute Gasteiger partial charge is 0.357 e. The molecule has 26 heavy (non-hydrogen) atoms. The molecule has 0 amide bonds. The summed E-state index contributed by atoms with van der Waals surface area (Å²) in [7, 11) is 0. The molecule has 0 unspecified atom stereocenters. The minimum Gasteiger partial charge on any atom is -0.381 e. The van der Waals surface area contributed by atoms with E-state index in [4.69, 9.17) is 4.74 Å². The number of aryl methyl sites for hydroxylation is 1. The standard InChI is InChI=1S/C19H26FN3O2.ClH/c1-14-3-4-16-17(13-14)22(18(24)23(16)20)15-5-9-21(10-6-15)19(2)7-11-25-12-8-19;/h3-4,13,15H,5-12H2,1-2H3;1H. The Morgan fingerprint density at radius 1 is 1.15 bits per heavy atom. The predicted octanol–water partition coefficient (Wildman–Crippen LogP) is 3.47. The third-order valence-corrected chi connectivity index (χ3v) is 6.14. The van der Waals surface area contributed by atoms with Crippen LogP contribution in [0.1, 0.15) is 44.2 Å². The quantitative estimate of drug-likeness (QED) is 0.797. The summed E-state index contributed by atoms with van der Waals surface area (Å²) in [4.78, 5) is 15.3.